The first-order valence-corrected chi connectivity index (χ1v) is 10.1. The lowest BCUT2D eigenvalue weighted by Crippen LogP contribution is -2.51. The number of thioether (sulfide) groups is 1. The van der Waals surface area contributed by atoms with Gasteiger partial charge in [-0.05, 0) is 24.3 Å². The van der Waals surface area contributed by atoms with Gasteiger partial charge in [0.2, 0.25) is 17.9 Å². The highest BCUT2D eigenvalue weighted by atomic mass is 32.2. The first kappa shape index (κ1) is 19.1. The van der Waals surface area contributed by atoms with Crippen LogP contribution in [0.1, 0.15) is 6.42 Å². The highest BCUT2D eigenvalue weighted by molar-refractivity contribution is 8.00. The summed E-state index contributed by atoms with van der Waals surface area (Å²) < 4.78 is 11.1. The molecule has 2 heterocycles. The summed E-state index contributed by atoms with van der Waals surface area (Å²) in [6.45, 7) is 0.282. The van der Waals surface area contributed by atoms with Gasteiger partial charge in [-0.25, -0.2) is 0 Å². The van der Waals surface area contributed by atoms with Crippen LogP contribution in [0.4, 0.5) is 5.69 Å². The predicted octanol–water partition coefficient (Wildman–Crippen LogP) is 1.50. The summed E-state index contributed by atoms with van der Waals surface area (Å²) >= 11 is 1.49. The van der Waals surface area contributed by atoms with E-state index < -0.39 is 17.9 Å². The summed E-state index contributed by atoms with van der Waals surface area (Å²) in [7, 11) is 0. The van der Waals surface area contributed by atoms with Crippen molar-refractivity contribution in [2.45, 2.75) is 17.4 Å². The van der Waals surface area contributed by atoms with Crippen LogP contribution in [-0.4, -0.2) is 42.7 Å². The molecule has 29 heavy (non-hydrogen) atoms. The van der Waals surface area contributed by atoms with Crippen molar-refractivity contribution in [3.05, 3.63) is 48.5 Å². The molecular weight excluding hydrogens is 394 g/mol. The quantitative estimate of drug-likeness (QED) is 0.738. The van der Waals surface area contributed by atoms with Gasteiger partial charge in [0, 0.05) is 17.9 Å². The Balaban J connectivity index is 1.27. The minimum absolute atomic E-state index is 0.0445. The second-order valence-electron chi connectivity index (χ2n) is 6.45. The molecule has 9 heteroatoms. The molecule has 2 N–H and O–H groups in total. The Morgan fingerprint density at radius 1 is 1.07 bits per heavy atom. The molecule has 8 nitrogen and oxygen atoms in total. The van der Waals surface area contributed by atoms with E-state index in [1.54, 1.807) is 23.1 Å². The first-order valence-electron chi connectivity index (χ1n) is 9.11. The number of hydrogen-bond donors (Lipinski definition) is 2. The van der Waals surface area contributed by atoms with Crippen molar-refractivity contribution >= 4 is 35.2 Å². The number of fused-ring (bicyclic) bond motifs is 2. The predicted molar refractivity (Wildman–Crippen MR) is 107 cm³/mol. The molecule has 3 amide bonds. The van der Waals surface area contributed by atoms with Crippen molar-refractivity contribution in [1.82, 2.24) is 10.9 Å². The number of benzene rings is 2. The van der Waals surface area contributed by atoms with Gasteiger partial charge in [-0.15, -0.1) is 11.8 Å². The number of hydrazine groups is 1. The molecule has 0 aliphatic carbocycles. The van der Waals surface area contributed by atoms with Crippen LogP contribution in [0.2, 0.25) is 0 Å². The molecule has 2 aromatic carbocycles. The molecule has 0 saturated heterocycles. The monoisotopic (exact) mass is 413 g/mol. The van der Waals surface area contributed by atoms with Crippen LogP contribution < -0.4 is 25.2 Å². The third-order valence-corrected chi connectivity index (χ3v) is 5.54. The lowest BCUT2D eigenvalue weighted by atomic mass is 10.2. The minimum Gasteiger partial charge on any atom is -0.485 e. The van der Waals surface area contributed by atoms with E-state index in [-0.39, 0.29) is 25.5 Å². The average molecular weight is 413 g/mol. The Hall–Kier alpha value is -3.20. The molecule has 2 aromatic rings. The van der Waals surface area contributed by atoms with E-state index in [0.717, 1.165) is 10.6 Å². The van der Waals surface area contributed by atoms with E-state index in [1.807, 2.05) is 30.3 Å². The lowest BCUT2D eigenvalue weighted by molar-refractivity contribution is -0.135. The molecule has 0 bridgehead atoms. The number of nitrogens with zero attached hydrogens (tertiary/aromatic N) is 1. The van der Waals surface area contributed by atoms with E-state index in [2.05, 4.69) is 10.9 Å². The Bertz CT molecular complexity index is 951. The van der Waals surface area contributed by atoms with Crippen molar-refractivity contribution in [2.75, 3.05) is 23.8 Å². The van der Waals surface area contributed by atoms with E-state index in [9.17, 15) is 14.4 Å². The largest absolute Gasteiger partial charge is 0.485 e. The molecule has 0 fully saturated rings. The van der Waals surface area contributed by atoms with E-state index in [4.69, 9.17) is 9.47 Å². The van der Waals surface area contributed by atoms with Gasteiger partial charge in [0.05, 0.1) is 11.4 Å². The van der Waals surface area contributed by atoms with Crippen molar-refractivity contribution in [3.63, 3.8) is 0 Å². The van der Waals surface area contributed by atoms with E-state index in [0.29, 0.717) is 17.3 Å². The molecule has 0 aromatic heterocycles. The zero-order chi connectivity index (χ0) is 20.2. The average Bonchev–Trinajstić information content (AvgIpc) is 2.76. The van der Waals surface area contributed by atoms with Gasteiger partial charge in [-0.2, -0.15) is 0 Å². The highest BCUT2D eigenvalue weighted by Gasteiger charge is 2.28. The fraction of sp³-hybridized carbons (Fsp3) is 0.250. The third-order valence-electron chi connectivity index (χ3n) is 4.50. The normalized spacial score (nSPS) is 17.3. The van der Waals surface area contributed by atoms with Crippen molar-refractivity contribution in [2.24, 2.45) is 0 Å². The number of amides is 3. The maximum Gasteiger partial charge on any atom is 0.283 e. The van der Waals surface area contributed by atoms with Crippen LogP contribution in [0.5, 0.6) is 11.5 Å². The highest BCUT2D eigenvalue weighted by Crippen LogP contribution is 2.35. The molecular formula is C20H19N3O5S. The fourth-order valence-corrected chi connectivity index (χ4v) is 3.97. The standard InChI is InChI=1S/C20H19N3O5S/c24-18(9-10-23-13-5-1-4-8-17(13)29-12-19(23)25)21-22-20(26)16-11-27-14-6-2-3-7-15(14)28-16/h1-8,16H,9-12H2,(H,21,24)(H,22,26). The number of nitrogens with one attached hydrogen (secondary N) is 2. The van der Waals surface area contributed by atoms with Gasteiger partial charge in [-0.1, -0.05) is 24.3 Å². The second-order valence-corrected chi connectivity index (χ2v) is 7.47. The minimum atomic E-state index is -0.863. The van der Waals surface area contributed by atoms with Crippen LogP contribution in [0, 0.1) is 0 Å². The number of para-hydroxylation sites is 3. The Labute approximate surface area is 171 Å². The van der Waals surface area contributed by atoms with Gasteiger partial charge in [-0.3, -0.25) is 25.2 Å². The summed E-state index contributed by atoms with van der Waals surface area (Å²) in [4.78, 5) is 39.2. The maximum absolute atomic E-state index is 12.2. The van der Waals surface area contributed by atoms with E-state index in [1.165, 1.54) is 11.8 Å². The summed E-state index contributed by atoms with van der Waals surface area (Å²) in [6.07, 6.45) is -0.812. The topological polar surface area (TPSA) is 97.0 Å². The second kappa shape index (κ2) is 8.44. The summed E-state index contributed by atoms with van der Waals surface area (Å²) in [5.41, 5.74) is 5.52. The van der Waals surface area contributed by atoms with Gasteiger partial charge >= 0.3 is 0 Å². The fourth-order valence-electron chi connectivity index (χ4n) is 3.04. The van der Waals surface area contributed by atoms with Gasteiger partial charge in [0.25, 0.3) is 5.91 Å². The molecule has 1 unspecified atom stereocenters. The third kappa shape index (κ3) is 4.29. The molecule has 1 atom stereocenters. The zero-order valence-corrected chi connectivity index (χ0v) is 16.2. The molecule has 0 radical (unpaired) electrons. The van der Waals surface area contributed by atoms with Crippen molar-refractivity contribution in [1.29, 1.82) is 0 Å². The lowest BCUT2D eigenvalue weighted by Gasteiger charge is -2.28. The Morgan fingerprint density at radius 2 is 1.83 bits per heavy atom. The molecule has 2 aliphatic rings. The first-order chi connectivity index (χ1) is 14.1. The zero-order valence-electron chi connectivity index (χ0n) is 15.4. The number of ether oxygens (including phenoxy) is 2. The van der Waals surface area contributed by atoms with Crippen LogP contribution in [0.25, 0.3) is 0 Å². The van der Waals surface area contributed by atoms with Crippen LogP contribution >= 0.6 is 11.8 Å². The number of hydrogen-bond acceptors (Lipinski definition) is 6. The number of anilines is 1. The summed E-state index contributed by atoms with van der Waals surface area (Å²) in [5.74, 6) is 0.436. The molecule has 4 rings (SSSR count). The van der Waals surface area contributed by atoms with Crippen molar-refractivity contribution in [3.8, 4) is 11.5 Å². The van der Waals surface area contributed by atoms with Crippen LogP contribution in [0.3, 0.4) is 0 Å². The SMILES string of the molecule is O=C(CCN1C(=O)CSc2ccccc21)NNC(=O)C1COc2ccccc2O1. The van der Waals surface area contributed by atoms with Gasteiger partial charge in [0.1, 0.15) is 6.61 Å². The molecule has 150 valence electrons. The Kier molecular flexibility index (Phi) is 5.57. The number of rotatable bonds is 4. The van der Waals surface area contributed by atoms with Crippen LogP contribution in [0.15, 0.2) is 53.4 Å². The summed E-state index contributed by atoms with van der Waals surface area (Å²) in [5, 5.41) is 0. The molecule has 2 aliphatic heterocycles. The van der Waals surface area contributed by atoms with E-state index >= 15 is 0 Å². The number of carbonyl (C=O) groups excluding carboxylic acids is 3. The Morgan fingerprint density at radius 3 is 2.69 bits per heavy atom. The van der Waals surface area contributed by atoms with Gasteiger partial charge in [0.15, 0.2) is 11.5 Å². The smallest absolute Gasteiger partial charge is 0.283 e. The number of carbonyl (C=O) groups is 3. The van der Waals surface area contributed by atoms with Gasteiger partial charge < -0.3 is 14.4 Å². The molecule has 0 spiro atoms. The maximum atomic E-state index is 12.2. The van der Waals surface area contributed by atoms with Crippen LogP contribution in [-0.2, 0) is 14.4 Å². The summed E-state index contributed by atoms with van der Waals surface area (Å²) in [6, 6.07) is 14.6. The molecule has 0 saturated carbocycles. The van der Waals surface area contributed by atoms with Crippen molar-refractivity contribution < 1.29 is 23.9 Å².